The van der Waals surface area contributed by atoms with E-state index in [9.17, 15) is 0 Å². The van der Waals surface area contributed by atoms with E-state index in [2.05, 4.69) is 26.0 Å². The van der Waals surface area contributed by atoms with Gasteiger partial charge in [-0.3, -0.25) is 0 Å². The molecule has 1 aromatic carbocycles. The number of hydrogen-bond acceptors (Lipinski definition) is 0. The van der Waals surface area contributed by atoms with Crippen molar-refractivity contribution in [2.24, 2.45) is 5.92 Å². The van der Waals surface area contributed by atoms with E-state index in [4.69, 9.17) is 0 Å². The van der Waals surface area contributed by atoms with Gasteiger partial charge in [0.05, 0.1) is 0 Å². The Morgan fingerprint density at radius 1 is 0.429 bits per heavy atom. The van der Waals surface area contributed by atoms with E-state index in [1.165, 1.54) is 37.7 Å². The van der Waals surface area contributed by atoms with E-state index >= 15 is 0 Å². The summed E-state index contributed by atoms with van der Waals surface area (Å²) < 4.78 is 0. The van der Waals surface area contributed by atoms with E-state index in [1.807, 2.05) is 157 Å². The van der Waals surface area contributed by atoms with Gasteiger partial charge in [0.1, 0.15) is 0 Å². The van der Waals surface area contributed by atoms with Gasteiger partial charge in [0.2, 0.25) is 0 Å². The van der Waals surface area contributed by atoms with Crippen LogP contribution in [0.25, 0.3) is 0 Å². The molecule has 1 aromatic rings. The molecule has 1 saturated carbocycles. The van der Waals surface area contributed by atoms with Gasteiger partial charge in [-0.2, -0.15) is 0 Å². The van der Waals surface area contributed by atoms with Gasteiger partial charge in [-0.15, -0.1) is 0 Å². The monoisotopic (exact) mass is 507 g/mol. The Hall–Kier alpha value is -0.780. The zero-order valence-corrected chi connectivity index (χ0v) is 29.5. The molecular weight excluding hydrogens is 420 g/mol. The van der Waals surface area contributed by atoms with Gasteiger partial charge in [0.25, 0.3) is 0 Å². The van der Waals surface area contributed by atoms with Crippen molar-refractivity contribution >= 4 is 0 Å². The summed E-state index contributed by atoms with van der Waals surface area (Å²) in [5.41, 5.74) is 1.32. The van der Waals surface area contributed by atoms with E-state index < -0.39 is 0 Å². The lowest BCUT2D eigenvalue weighted by Crippen LogP contribution is -1.99. The van der Waals surface area contributed by atoms with Crippen LogP contribution < -0.4 is 0 Å². The molecule has 0 spiro atoms. The highest BCUT2D eigenvalue weighted by Crippen LogP contribution is 2.22. The highest BCUT2D eigenvalue weighted by molar-refractivity contribution is 5.11. The molecule has 0 amide bonds. The normalized spacial score (nSPS) is 8.51. The van der Waals surface area contributed by atoms with Gasteiger partial charge >= 0.3 is 0 Å². The summed E-state index contributed by atoms with van der Waals surface area (Å²) in [5.74, 6) is 1.04. The first-order valence-electron chi connectivity index (χ1n) is 15.8. The maximum Gasteiger partial charge on any atom is -0.0398 e. The largest absolute Gasteiger partial charge is 0.0776 e. The van der Waals surface area contributed by atoms with E-state index in [-0.39, 0.29) is 7.43 Å². The molecule has 0 radical (unpaired) electrons. The van der Waals surface area contributed by atoms with Crippen LogP contribution in [-0.4, -0.2) is 0 Å². The molecule has 0 aromatic heterocycles. The molecule has 0 saturated heterocycles. The zero-order valence-electron chi connectivity index (χ0n) is 29.5. The van der Waals surface area contributed by atoms with Gasteiger partial charge in [0.15, 0.2) is 0 Å². The van der Waals surface area contributed by atoms with Crippen LogP contribution in [-0.2, 0) is 0 Å². The molecule has 0 nitrogen and oxygen atoms in total. The lowest BCUT2D eigenvalue weighted by atomic mass is 9.91. The molecule has 0 unspecified atom stereocenters. The molecule has 1 aliphatic carbocycles. The lowest BCUT2D eigenvalue weighted by Gasteiger charge is -2.15. The van der Waals surface area contributed by atoms with Gasteiger partial charge < -0.3 is 0 Å². The lowest BCUT2D eigenvalue weighted by molar-refractivity contribution is 0.385. The summed E-state index contributed by atoms with van der Waals surface area (Å²) in [7, 11) is 0. The van der Waals surface area contributed by atoms with Crippen molar-refractivity contribution < 1.29 is 0 Å². The van der Waals surface area contributed by atoms with Crippen LogP contribution in [0.4, 0.5) is 0 Å². The van der Waals surface area contributed by atoms with Crippen LogP contribution in [0.15, 0.2) is 30.3 Å². The van der Waals surface area contributed by atoms with Crippen molar-refractivity contribution in [2.75, 3.05) is 0 Å². The predicted octanol–water partition coefficient (Wildman–Crippen LogP) is 15.5. The average Bonchev–Trinajstić information content (AvgIpc) is 3.00. The predicted molar refractivity (Wildman–Crippen MR) is 184 cm³/mol. The maximum atomic E-state index is 2.36. The molecule has 1 aliphatic rings. The molecule has 0 atom stereocenters. The fraction of sp³-hybridized carbons (Fsp3) is 0.829. The fourth-order valence-electron chi connectivity index (χ4n) is 1.84. The number of aryl methyl sites for hydroxylation is 1. The molecule has 35 heavy (non-hydrogen) atoms. The molecule has 0 aliphatic heterocycles. The summed E-state index contributed by atoms with van der Waals surface area (Å²) in [5, 5.41) is 0. The van der Waals surface area contributed by atoms with Crippen LogP contribution in [0, 0.1) is 12.8 Å². The SMILES string of the molecule is C.CC.CC.CC.CC.CC.CC.CC.CC.CC.CC.CC1CCCCC1.Cc1ccccc1. The van der Waals surface area contributed by atoms with E-state index in [0.29, 0.717) is 0 Å². The van der Waals surface area contributed by atoms with Crippen LogP contribution in [0.3, 0.4) is 0 Å². The highest BCUT2D eigenvalue weighted by atomic mass is 14.1. The van der Waals surface area contributed by atoms with Crippen molar-refractivity contribution in [3.8, 4) is 0 Å². The Labute approximate surface area is 233 Å². The Bertz CT molecular complexity index is 219. The summed E-state index contributed by atoms with van der Waals surface area (Å²) in [6.45, 7) is 44.4. The van der Waals surface area contributed by atoms with Crippen LogP contribution in [0.1, 0.15) is 190 Å². The third-order valence-corrected chi connectivity index (χ3v) is 2.83. The Balaban J connectivity index is -0.0000000214. The Kier molecular flexibility index (Phi) is 298. The zero-order chi connectivity index (χ0) is 30.2. The molecule has 0 bridgehead atoms. The van der Waals surface area contributed by atoms with Crippen molar-refractivity contribution in [3.63, 3.8) is 0 Å². The average molecular weight is 507 g/mol. The summed E-state index contributed by atoms with van der Waals surface area (Å²) in [4.78, 5) is 0. The second kappa shape index (κ2) is 149. The quantitative estimate of drug-likeness (QED) is 0.328. The van der Waals surface area contributed by atoms with Gasteiger partial charge in [-0.1, -0.05) is 221 Å². The van der Waals surface area contributed by atoms with Gasteiger partial charge in [-0.25, -0.2) is 0 Å². The van der Waals surface area contributed by atoms with Crippen molar-refractivity contribution in [3.05, 3.63) is 35.9 Å². The summed E-state index contributed by atoms with van der Waals surface area (Å²) in [6.07, 6.45) is 7.44. The third kappa shape index (κ3) is 140. The molecule has 0 heteroatoms. The second-order valence-corrected chi connectivity index (χ2v) is 4.40. The first-order chi connectivity index (χ1) is 16.8. The summed E-state index contributed by atoms with van der Waals surface area (Å²) >= 11 is 0. The van der Waals surface area contributed by atoms with Gasteiger partial charge in [-0.05, 0) is 12.8 Å². The third-order valence-electron chi connectivity index (χ3n) is 2.83. The first kappa shape index (κ1) is 70.0. The smallest absolute Gasteiger partial charge is 0.0398 e. The molecule has 2 rings (SSSR count). The fourth-order valence-corrected chi connectivity index (χ4v) is 1.84. The van der Waals surface area contributed by atoms with Crippen LogP contribution in [0.2, 0.25) is 0 Å². The topological polar surface area (TPSA) is 0 Å². The Morgan fingerprint density at radius 2 is 0.657 bits per heavy atom. The van der Waals surface area contributed by atoms with E-state index in [1.54, 1.807) is 0 Å². The first-order valence-corrected chi connectivity index (χ1v) is 15.8. The number of hydrogen-bond donors (Lipinski definition) is 0. The van der Waals surface area contributed by atoms with Gasteiger partial charge in [0, 0.05) is 0 Å². The van der Waals surface area contributed by atoms with E-state index in [0.717, 1.165) is 5.92 Å². The minimum atomic E-state index is 0. The number of benzene rings is 1. The van der Waals surface area contributed by atoms with Crippen LogP contribution >= 0.6 is 0 Å². The molecule has 226 valence electrons. The Morgan fingerprint density at radius 3 is 0.771 bits per heavy atom. The molecule has 0 heterocycles. The minimum absolute atomic E-state index is 0. The van der Waals surface area contributed by atoms with Crippen molar-refractivity contribution in [2.45, 2.75) is 192 Å². The number of rotatable bonds is 0. The van der Waals surface area contributed by atoms with Crippen molar-refractivity contribution in [1.82, 2.24) is 0 Å². The maximum absolute atomic E-state index is 2.36. The second-order valence-electron chi connectivity index (χ2n) is 4.40. The molecule has 0 N–H and O–H groups in total. The summed E-state index contributed by atoms with van der Waals surface area (Å²) in [6, 6.07) is 10.3. The van der Waals surface area contributed by atoms with Crippen molar-refractivity contribution in [1.29, 1.82) is 0 Å². The van der Waals surface area contributed by atoms with Crippen LogP contribution in [0.5, 0.6) is 0 Å². The molecule has 1 fully saturated rings. The molecular formula is C35H86. The highest BCUT2D eigenvalue weighted by Gasteiger charge is 2.05. The minimum Gasteiger partial charge on any atom is -0.0776 e. The standard InChI is InChI=1S/C7H14.C7H8.10C2H6.CH4/c2*1-7-5-3-2-4-6-7;10*1-2;/h7H,2-6H2,1H3;2-6H,1H3;10*1-2H3;1H4.